The van der Waals surface area contributed by atoms with Gasteiger partial charge in [-0.15, -0.1) is 0 Å². The van der Waals surface area contributed by atoms with E-state index in [9.17, 15) is 4.79 Å². The van der Waals surface area contributed by atoms with Crippen LogP contribution in [0.2, 0.25) is 0 Å². The fraction of sp³-hybridized carbons (Fsp3) is 0.371. The molecule has 1 aromatic heterocycles. The molecule has 0 spiro atoms. The monoisotopic (exact) mass is 547 g/mol. The molecule has 3 aromatic carbocycles. The number of ether oxygens (including phenoxy) is 2. The summed E-state index contributed by atoms with van der Waals surface area (Å²) in [5.41, 5.74) is 6.06. The maximum Gasteiger partial charge on any atom is 0.254 e. The summed E-state index contributed by atoms with van der Waals surface area (Å²) in [6, 6.07) is 25.3. The van der Waals surface area contributed by atoms with Crippen LogP contribution in [-0.2, 0) is 12.8 Å². The van der Waals surface area contributed by atoms with Crippen molar-refractivity contribution >= 4 is 16.8 Å². The Bertz CT molecular complexity index is 1550. The van der Waals surface area contributed by atoms with Crippen molar-refractivity contribution in [3.8, 4) is 22.6 Å². The van der Waals surface area contributed by atoms with Crippen molar-refractivity contribution in [1.29, 1.82) is 0 Å². The minimum absolute atomic E-state index is 0.145. The van der Waals surface area contributed by atoms with Crippen molar-refractivity contribution < 1.29 is 14.3 Å². The van der Waals surface area contributed by atoms with Crippen LogP contribution in [0.3, 0.4) is 0 Å². The first-order chi connectivity index (χ1) is 20.2. The molecule has 4 aromatic rings. The third-order valence-electron chi connectivity index (χ3n) is 8.84. The molecule has 1 atom stereocenters. The molecular formula is C35H37N3O3. The van der Waals surface area contributed by atoms with Gasteiger partial charge in [-0.1, -0.05) is 42.5 Å². The molecule has 6 nitrogen and oxygen atoms in total. The van der Waals surface area contributed by atoms with Crippen LogP contribution in [0.15, 0.2) is 72.8 Å². The number of hydrogen-bond acceptors (Lipinski definition) is 5. The number of fused-ring (bicyclic) bond motifs is 2. The summed E-state index contributed by atoms with van der Waals surface area (Å²) >= 11 is 0. The topological polar surface area (TPSA) is 54.9 Å². The Kier molecular flexibility index (Phi) is 7.32. The number of hydrogen-bond donors (Lipinski definition) is 0. The van der Waals surface area contributed by atoms with Crippen molar-refractivity contribution in [3.05, 3.63) is 89.6 Å². The van der Waals surface area contributed by atoms with Crippen LogP contribution < -0.4 is 9.47 Å². The van der Waals surface area contributed by atoms with E-state index in [1.54, 1.807) is 0 Å². The quantitative estimate of drug-likeness (QED) is 0.252. The first-order valence-corrected chi connectivity index (χ1v) is 15.1. The number of likely N-dealkylation sites (tertiary alicyclic amines) is 2. The molecule has 0 aliphatic carbocycles. The Morgan fingerprint density at radius 3 is 2.51 bits per heavy atom. The van der Waals surface area contributed by atoms with Crippen molar-refractivity contribution in [1.82, 2.24) is 14.8 Å². The van der Waals surface area contributed by atoms with Crippen LogP contribution in [0, 0.1) is 0 Å². The molecule has 0 N–H and O–H groups in total. The smallest absolute Gasteiger partial charge is 0.254 e. The van der Waals surface area contributed by atoms with Gasteiger partial charge in [-0.3, -0.25) is 9.78 Å². The average Bonchev–Trinajstić information content (AvgIpc) is 3.79. The Morgan fingerprint density at radius 2 is 1.63 bits per heavy atom. The molecule has 3 aliphatic heterocycles. The normalized spacial score (nSPS) is 18.4. The molecular weight excluding hydrogens is 510 g/mol. The number of aromatic nitrogens is 1. The number of rotatable bonds is 8. The number of aryl methyl sites for hydroxylation is 2. The summed E-state index contributed by atoms with van der Waals surface area (Å²) in [4.78, 5) is 24.1. The molecule has 210 valence electrons. The van der Waals surface area contributed by atoms with Crippen LogP contribution in [-0.4, -0.2) is 59.7 Å². The highest BCUT2D eigenvalue weighted by Crippen LogP contribution is 2.37. The predicted octanol–water partition coefficient (Wildman–Crippen LogP) is 6.51. The molecule has 0 saturated carbocycles. The van der Waals surface area contributed by atoms with E-state index >= 15 is 0 Å². The van der Waals surface area contributed by atoms with E-state index in [-0.39, 0.29) is 18.7 Å². The van der Waals surface area contributed by atoms with Gasteiger partial charge in [0.15, 0.2) is 11.5 Å². The first kappa shape index (κ1) is 26.0. The van der Waals surface area contributed by atoms with Gasteiger partial charge >= 0.3 is 0 Å². The number of carbonyl (C=O) groups is 1. The molecule has 41 heavy (non-hydrogen) atoms. The lowest BCUT2D eigenvalue weighted by molar-refractivity contribution is 0.0710. The maximum absolute atomic E-state index is 14.3. The van der Waals surface area contributed by atoms with E-state index in [4.69, 9.17) is 14.5 Å². The van der Waals surface area contributed by atoms with E-state index in [0.29, 0.717) is 0 Å². The van der Waals surface area contributed by atoms with E-state index < -0.39 is 0 Å². The number of pyridine rings is 1. The molecule has 7 rings (SSSR count). The number of benzene rings is 3. The van der Waals surface area contributed by atoms with Crippen LogP contribution >= 0.6 is 0 Å². The van der Waals surface area contributed by atoms with Gasteiger partial charge in [-0.05, 0) is 105 Å². The molecule has 0 radical (unpaired) electrons. The first-order valence-electron chi connectivity index (χ1n) is 15.1. The Labute approximate surface area is 241 Å². The lowest BCUT2D eigenvalue weighted by Crippen LogP contribution is -2.42. The molecule has 0 bridgehead atoms. The largest absolute Gasteiger partial charge is 0.454 e. The Morgan fingerprint density at radius 1 is 0.829 bits per heavy atom. The molecule has 2 saturated heterocycles. The highest BCUT2D eigenvalue weighted by Gasteiger charge is 2.32. The zero-order valence-corrected chi connectivity index (χ0v) is 23.6. The van der Waals surface area contributed by atoms with Crippen LogP contribution in [0.4, 0.5) is 0 Å². The highest BCUT2D eigenvalue weighted by molar-refractivity contribution is 6.07. The SMILES string of the molecule is O=C(c1cc(CCCc2ccccc2)nc2ccc(-c3ccc4c(c3)OCO4)cc12)N1CCC[C@H]1CN1CCCC1. The van der Waals surface area contributed by atoms with Gasteiger partial charge in [-0.2, -0.15) is 0 Å². The summed E-state index contributed by atoms with van der Waals surface area (Å²) in [5.74, 6) is 1.67. The van der Waals surface area contributed by atoms with Gasteiger partial charge in [0.1, 0.15) is 0 Å². The van der Waals surface area contributed by atoms with E-state index in [1.807, 2.05) is 18.2 Å². The zero-order chi connectivity index (χ0) is 27.6. The second kappa shape index (κ2) is 11.5. The van der Waals surface area contributed by atoms with E-state index in [0.717, 1.165) is 103 Å². The fourth-order valence-electron chi connectivity index (χ4n) is 6.67. The van der Waals surface area contributed by atoms with E-state index in [2.05, 4.69) is 64.4 Å². The van der Waals surface area contributed by atoms with Gasteiger partial charge in [0, 0.05) is 30.2 Å². The maximum atomic E-state index is 14.3. The molecule has 0 unspecified atom stereocenters. The van der Waals surface area contributed by atoms with Gasteiger partial charge in [0.2, 0.25) is 6.79 Å². The van der Waals surface area contributed by atoms with Crippen LogP contribution in [0.25, 0.3) is 22.0 Å². The average molecular weight is 548 g/mol. The van der Waals surface area contributed by atoms with Crippen molar-refractivity contribution in [2.75, 3.05) is 33.0 Å². The van der Waals surface area contributed by atoms with Crippen molar-refractivity contribution in [3.63, 3.8) is 0 Å². The highest BCUT2D eigenvalue weighted by atomic mass is 16.7. The second-order valence-corrected chi connectivity index (χ2v) is 11.6. The zero-order valence-electron chi connectivity index (χ0n) is 23.6. The number of nitrogens with zero attached hydrogens (tertiary/aromatic N) is 3. The summed E-state index contributed by atoms with van der Waals surface area (Å²) in [6.07, 6.45) is 7.52. The molecule has 6 heteroatoms. The van der Waals surface area contributed by atoms with Gasteiger partial charge < -0.3 is 19.3 Å². The fourth-order valence-corrected chi connectivity index (χ4v) is 6.67. The van der Waals surface area contributed by atoms with Crippen molar-refractivity contribution in [2.45, 2.75) is 51.0 Å². The summed E-state index contributed by atoms with van der Waals surface area (Å²) < 4.78 is 11.1. The van der Waals surface area contributed by atoms with Crippen LogP contribution in [0.5, 0.6) is 11.5 Å². The molecule has 2 fully saturated rings. The summed E-state index contributed by atoms with van der Waals surface area (Å²) in [7, 11) is 0. The number of carbonyl (C=O) groups excluding carboxylic acids is 1. The Balaban J connectivity index is 1.22. The standard InChI is InChI=1S/C35H37N3O3/c39-35(38-19-7-12-29(38)23-37-17-4-5-18-37)31-22-28(11-6-10-25-8-2-1-3-9-25)36-32-15-13-26(20-30(31)32)27-14-16-33-34(21-27)41-24-40-33/h1-3,8-9,13-16,20-22,29H,4-7,10-12,17-19,23-24H2/t29-/m0/s1. The van der Waals surface area contributed by atoms with Gasteiger partial charge in [-0.25, -0.2) is 0 Å². The molecule has 1 amide bonds. The summed E-state index contributed by atoms with van der Waals surface area (Å²) in [6.45, 7) is 4.37. The third kappa shape index (κ3) is 5.53. The van der Waals surface area contributed by atoms with Crippen molar-refractivity contribution in [2.24, 2.45) is 0 Å². The third-order valence-corrected chi connectivity index (χ3v) is 8.84. The van der Waals surface area contributed by atoms with Gasteiger partial charge in [0.05, 0.1) is 11.1 Å². The Hall–Kier alpha value is -3.90. The molecule has 4 heterocycles. The lowest BCUT2D eigenvalue weighted by Gasteiger charge is -2.29. The summed E-state index contributed by atoms with van der Waals surface area (Å²) in [5, 5.41) is 0.920. The minimum atomic E-state index is 0.145. The lowest BCUT2D eigenvalue weighted by atomic mass is 9.98. The second-order valence-electron chi connectivity index (χ2n) is 11.6. The predicted molar refractivity (Wildman–Crippen MR) is 162 cm³/mol. The minimum Gasteiger partial charge on any atom is -0.454 e. The molecule has 3 aliphatic rings. The van der Waals surface area contributed by atoms with E-state index in [1.165, 1.54) is 18.4 Å². The van der Waals surface area contributed by atoms with Gasteiger partial charge in [0.25, 0.3) is 5.91 Å². The van der Waals surface area contributed by atoms with Crippen LogP contribution in [0.1, 0.15) is 53.7 Å². The number of amides is 1.